The molecular weight excluding hydrogens is 492 g/mol. The van der Waals surface area contributed by atoms with E-state index in [9.17, 15) is 4.79 Å². The van der Waals surface area contributed by atoms with Crippen LogP contribution in [0.1, 0.15) is 45.9 Å². The van der Waals surface area contributed by atoms with Crippen LogP contribution in [-0.4, -0.2) is 10.8 Å². The van der Waals surface area contributed by atoms with Crippen molar-refractivity contribution >= 4 is 40.0 Å². The van der Waals surface area contributed by atoms with Crippen LogP contribution in [0.4, 0.5) is 5.69 Å². The maximum Gasteiger partial charge on any atom is 0.187 e. The second-order valence-corrected chi connectivity index (χ2v) is 12.7. The molecule has 1 atom stereocenters. The van der Waals surface area contributed by atoms with Gasteiger partial charge in [0, 0.05) is 12.5 Å². The molecule has 0 fully saturated rings. The minimum atomic E-state index is -0.639. The molecule has 0 N–H and O–H groups in total. The predicted octanol–water partition coefficient (Wildman–Crippen LogP) is 7.92. The average molecular weight is 521 g/mol. The third-order valence-corrected chi connectivity index (χ3v) is 10.6. The van der Waals surface area contributed by atoms with E-state index < -0.39 is 8.95 Å². The third kappa shape index (κ3) is 3.67. The lowest BCUT2D eigenvalue weighted by molar-refractivity contribution is -0.110. The van der Waals surface area contributed by atoms with Crippen molar-refractivity contribution in [3.8, 4) is 0 Å². The van der Waals surface area contributed by atoms with E-state index in [4.69, 9.17) is 5.10 Å². The van der Waals surface area contributed by atoms with Gasteiger partial charge >= 0.3 is 0 Å². The van der Waals surface area contributed by atoms with E-state index in [0.29, 0.717) is 5.04 Å². The molecule has 37 heavy (non-hydrogen) atoms. The number of carbonyl (C=O) groups is 1. The molecule has 4 aromatic carbocycles. The van der Waals surface area contributed by atoms with E-state index in [1.54, 1.807) is 18.7 Å². The van der Waals surface area contributed by atoms with Crippen molar-refractivity contribution < 1.29 is 4.79 Å². The fraction of sp³-hybridized carbons (Fsp3) is 0.188. The summed E-state index contributed by atoms with van der Waals surface area (Å²) in [5.41, 5.74) is 9.44. The van der Waals surface area contributed by atoms with Crippen molar-refractivity contribution in [2.45, 2.75) is 36.6 Å². The molecule has 0 saturated heterocycles. The van der Waals surface area contributed by atoms with Crippen LogP contribution in [0.25, 0.3) is 0 Å². The number of thioether (sulfide) groups is 2. The molecule has 2 aliphatic rings. The first-order chi connectivity index (χ1) is 17.8. The van der Waals surface area contributed by atoms with Gasteiger partial charge in [0.15, 0.2) is 15.0 Å². The van der Waals surface area contributed by atoms with E-state index in [0.717, 1.165) is 11.3 Å². The Morgan fingerprint density at radius 1 is 0.730 bits per heavy atom. The lowest BCUT2D eigenvalue weighted by Gasteiger charge is -2.37. The Morgan fingerprint density at radius 3 is 1.84 bits per heavy atom. The Labute approximate surface area is 227 Å². The highest BCUT2D eigenvalue weighted by molar-refractivity contribution is 8.27. The Balaban J connectivity index is 1.66. The summed E-state index contributed by atoms with van der Waals surface area (Å²) < 4.78 is -1.12. The second kappa shape index (κ2) is 8.93. The van der Waals surface area contributed by atoms with Gasteiger partial charge in [-0.1, -0.05) is 126 Å². The predicted molar refractivity (Wildman–Crippen MR) is 157 cm³/mol. The summed E-state index contributed by atoms with van der Waals surface area (Å²) in [5, 5.41) is 7.61. The summed E-state index contributed by atoms with van der Waals surface area (Å²) >= 11 is 3.44. The Kier molecular flexibility index (Phi) is 5.81. The van der Waals surface area contributed by atoms with Crippen molar-refractivity contribution in [1.29, 1.82) is 0 Å². The van der Waals surface area contributed by atoms with Gasteiger partial charge in [-0.2, -0.15) is 5.10 Å². The SMILES string of the molecule is CC(=O)C1=NN(c2ccccc2C)[C@@]2(S1)SC(c1ccc(C)cc1)(c1ccc(C)cc1)c1ccccc12. The van der Waals surface area contributed by atoms with Crippen LogP contribution in [0.15, 0.2) is 102 Å². The minimum Gasteiger partial charge on any atom is -0.292 e. The molecule has 0 amide bonds. The molecule has 3 nitrogen and oxygen atoms in total. The maximum absolute atomic E-state index is 12.7. The first-order valence-electron chi connectivity index (χ1n) is 12.4. The van der Waals surface area contributed by atoms with Gasteiger partial charge in [0.2, 0.25) is 0 Å². The zero-order valence-corrected chi connectivity index (χ0v) is 23.0. The molecule has 5 heteroatoms. The van der Waals surface area contributed by atoms with E-state index >= 15 is 0 Å². The summed E-state index contributed by atoms with van der Waals surface area (Å²) in [5.74, 6) is -0.0123. The molecule has 2 heterocycles. The van der Waals surface area contributed by atoms with Gasteiger partial charge in [0.25, 0.3) is 0 Å². The number of hydrogen-bond acceptors (Lipinski definition) is 5. The average Bonchev–Trinajstić information content (AvgIpc) is 3.43. The summed E-state index contributed by atoms with van der Waals surface area (Å²) in [6.07, 6.45) is 0. The Morgan fingerprint density at radius 2 is 1.27 bits per heavy atom. The number of carbonyl (C=O) groups excluding carboxylic acids is 1. The standard InChI is InChI=1S/C32H28N2OS2/c1-21-13-17-25(18-14-21)31(26-19-15-22(2)16-20-26)27-10-6-7-11-28(27)32(37-31)34(33-30(36-32)24(4)35)29-12-8-5-9-23(29)3/h5-20H,1-4H3/t32-/m0/s1. The molecule has 0 saturated carbocycles. The fourth-order valence-corrected chi connectivity index (χ4v) is 8.84. The number of hydrazone groups is 1. The van der Waals surface area contributed by atoms with Crippen LogP contribution in [-0.2, 0) is 13.7 Å². The molecule has 2 aliphatic heterocycles. The molecule has 0 unspecified atom stereocenters. The van der Waals surface area contributed by atoms with Crippen LogP contribution >= 0.6 is 23.5 Å². The number of para-hydroxylation sites is 1. The number of rotatable bonds is 4. The van der Waals surface area contributed by atoms with Crippen molar-refractivity contribution in [1.82, 2.24) is 0 Å². The zero-order valence-electron chi connectivity index (χ0n) is 21.4. The van der Waals surface area contributed by atoms with Crippen LogP contribution in [0.2, 0.25) is 0 Å². The summed E-state index contributed by atoms with van der Waals surface area (Å²) in [7, 11) is 0. The summed E-state index contributed by atoms with van der Waals surface area (Å²) in [4.78, 5) is 12.7. The van der Waals surface area contributed by atoms with Gasteiger partial charge in [-0.25, -0.2) is 5.01 Å². The Hall–Kier alpha value is -3.28. The number of anilines is 1. The van der Waals surface area contributed by atoms with Gasteiger partial charge in [0.1, 0.15) is 0 Å². The second-order valence-electron chi connectivity index (χ2n) is 9.80. The van der Waals surface area contributed by atoms with Crippen molar-refractivity contribution in [3.63, 3.8) is 0 Å². The monoisotopic (exact) mass is 520 g/mol. The molecule has 1 spiro atoms. The molecule has 0 aliphatic carbocycles. The van der Waals surface area contributed by atoms with Crippen LogP contribution in [0, 0.1) is 20.8 Å². The normalized spacial score (nSPS) is 19.7. The number of benzene rings is 4. The number of nitrogens with zero attached hydrogens (tertiary/aromatic N) is 2. The number of aryl methyl sites for hydroxylation is 3. The minimum absolute atomic E-state index is 0.0123. The van der Waals surface area contributed by atoms with Crippen molar-refractivity contribution in [2.24, 2.45) is 5.10 Å². The quantitative estimate of drug-likeness (QED) is 0.274. The number of Topliss-reactive ketones (excluding diaryl/α,β-unsaturated/α-hetero) is 1. The summed E-state index contributed by atoms with van der Waals surface area (Å²) in [6, 6.07) is 34.8. The van der Waals surface area contributed by atoms with E-state index in [1.807, 2.05) is 23.9 Å². The molecule has 0 radical (unpaired) electrons. The fourth-order valence-electron chi connectivity index (χ4n) is 5.30. The highest BCUT2D eigenvalue weighted by atomic mass is 32.2. The molecule has 184 valence electrons. The molecule has 0 bridgehead atoms. The van der Waals surface area contributed by atoms with Crippen LogP contribution in [0.5, 0.6) is 0 Å². The molecule has 4 aromatic rings. The van der Waals surface area contributed by atoms with Crippen LogP contribution < -0.4 is 5.01 Å². The Bertz CT molecular complexity index is 1500. The van der Waals surface area contributed by atoms with E-state index in [-0.39, 0.29) is 5.78 Å². The highest BCUT2D eigenvalue weighted by Crippen LogP contribution is 2.71. The van der Waals surface area contributed by atoms with Gasteiger partial charge in [-0.05, 0) is 49.1 Å². The van der Waals surface area contributed by atoms with Crippen molar-refractivity contribution in [2.75, 3.05) is 5.01 Å². The highest BCUT2D eigenvalue weighted by Gasteiger charge is 2.61. The van der Waals surface area contributed by atoms with Gasteiger partial charge in [-0.15, -0.1) is 0 Å². The third-order valence-electron chi connectivity index (χ3n) is 7.20. The number of ketones is 1. The van der Waals surface area contributed by atoms with Gasteiger partial charge in [-0.3, -0.25) is 4.79 Å². The zero-order chi connectivity index (χ0) is 25.8. The lowest BCUT2D eigenvalue weighted by Crippen LogP contribution is -2.34. The largest absolute Gasteiger partial charge is 0.292 e. The number of fused-ring (bicyclic) bond motifs is 2. The van der Waals surface area contributed by atoms with Gasteiger partial charge in [0.05, 0.1) is 10.4 Å². The maximum atomic E-state index is 12.7. The lowest BCUT2D eigenvalue weighted by atomic mass is 9.81. The van der Waals surface area contributed by atoms with Crippen LogP contribution in [0.3, 0.4) is 0 Å². The molecule has 0 aromatic heterocycles. The first kappa shape index (κ1) is 24.1. The molecular formula is C32H28N2OS2. The topological polar surface area (TPSA) is 32.7 Å². The van der Waals surface area contributed by atoms with Crippen molar-refractivity contribution in [3.05, 3.63) is 136 Å². The first-order valence-corrected chi connectivity index (χ1v) is 14.1. The number of hydrogen-bond donors (Lipinski definition) is 0. The van der Waals surface area contributed by atoms with Gasteiger partial charge < -0.3 is 0 Å². The van der Waals surface area contributed by atoms with E-state index in [1.165, 1.54) is 33.4 Å². The smallest absolute Gasteiger partial charge is 0.187 e. The summed E-state index contributed by atoms with van der Waals surface area (Å²) in [6.45, 7) is 7.96. The molecule has 6 rings (SSSR count). The van der Waals surface area contributed by atoms with E-state index in [2.05, 4.69) is 111 Å².